The molecule has 0 aliphatic carbocycles. The van der Waals surface area contributed by atoms with Crippen molar-refractivity contribution in [3.05, 3.63) is 77.1 Å². The molecule has 1 aromatic heterocycles. The van der Waals surface area contributed by atoms with Gasteiger partial charge in [-0.15, -0.1) is 0 Å². The van der Waals surface area contributed by atoms with E-state index in [0.29, 0.717) is 42.6 Å². The lowest BCUT2D eigenvalue weighted by molar-refractivity contribution is 0.174. The van der Waals surface area contributed by atoms with E-state index in [1.807, 2.05) is 38.1 Å². The van der Waals surface area contributed by atoms with Crippen molar-refractivity contribution in [1.82, 2.24) is 20.4 Å². The molecule has 1 N–H and O–H groups in total. The number of urea groups is 1. The second kappa shape index (κ2) is 9.32. The fourth-order valence-corrected chi connectivity index (χ4v) is 3.75. The van der Waals surface area contributed by atoms with Gasteiger partial charge < -0.3 is 14.6 Å². The first-order valence-corrected chi connectivity index (χ1v) is 10.4. The monoisotopic (exact) mass is 436 g/mol. The molecule has 1 aliphatic heterocycles. The minimum absolute atomic E-state index is 0.241. The number of carbonyl (C=O) groups excluding carboxylic acids is 1. The van der Waals surface area contributed by atoms with Crippen molar-refractivity contribution >= 4 is 11.6 Å². The third-order valence-corrected chi connectivity index (χ3v) is 5.50. The molecule has 0 spiro atoms. The van der Waals surface area contributed by atoms with Crippen LogP contribution in [0.1, 0.15) is 36.4 Å². The molecule has 1 aliphatic rings. The van der Waals surface area contributed by atoms with E-state index in [0.717, 1.165) is 16.7 Å². The fraction of sp³-hybridized carbons (Fsp3) is 0.292. The molecule has 2 heterocycles. The molecule has 2 aromatic carbocycles. The van der Waals surface area contributed by atoms with Crippen molar-refractivity contribution in [2.45, 2.75) is 26.3 Å². The lowest BCUT2D eigenvalue weighted by atomic mass is 9.94. The number of aromatic nitrogens is 2. The number of carbonyl (C=O) groups is 1. The summed E-state index contributed by atoms with van der Waals surface area (Å²) in [5, 5.41) is 7.16. The second-order valence-corrected chi connectivity index (χ2v) is 7.72. The molecule has 2 amide bonds. The first-order chi connectivity index (χ1) is 15.5. The number of benzene rings is 2. The summed E-state index contributed by atoms with van der Waals surface area (Å²) in [4.78, 5) is 19.1. The van der Waals surface area contributed by atoms with Gasteiger partial charge in [0.2, 0.25) is 5.82 Å². The largest absolute Gasteiger partial charge is 0.385 e. The molecule has 32 heavy (non-hydrogen) atoms. The summed E-state index contributed by atoms with van der Waals surface area (Å²) in [5.74, 6) is 0.420. The third kappa shape index (κ3) is 4.40. The summed E-state index contributed by atoms with van der Waals surface area (Å²) in [5.41, 5.74) is 4.08. The van der Waals surface area contributed by atoms with Crippen molar-refractivity contribution in [3.8, 4) is 11.4 Å². The molecule has 0 saturated carbocycles. The number of hydrogen-bond acceptors (Lipinski definition) is 5. The Bertz CT molecular complexity index is 1120. The Morgan fingerprint density at radius 1 is 1.12 bits per heavy atom. The van der Waals surface area contributed by atoms with Crippen LogP contribution >= 0.6 is 0 Å². The van der Waals surface area contributed by atoms with E-state index >= 15 is 0 Å². The van der Waals surface area contributed by atoms with Crippen LogP contribution in [0.3, 0.4) is 0 Å². The van der Waals surface area contributed by atoms with Gasteiger partial charge in [-0.25, -0.2) is 9.18 Å². The highest BCUT2D eigenvalue weighted by atomic mass is 19.1. The molecular weight excluding hydrogens is 411 g/mol. The summed E-state index contributed by atoms with van der Waals surface area (Å²) in [6, 6.07) is 13.1. The summed E-state index contributed by atoms with van der Waals surface area (Å²) in [7, 11) is 1.63. The Labute approximate surface area is 185 Å². The van der Waals surface area contributed by atoms with Crippen molar-refractivity contribution < 1.29 is 18.4 Å². The number of rotatable bonds is 7. The van der Waals surface area contributed by atoms with Crippen LogP contribution in [0.2, 0.25) is 0 Å². The van der Waals surface area contributed by atoms with Gasteiger partial charge in [-0.1, -0.05) is 47.1 Å². The molecule has 0 saturated heterocycles. The quantitative estimate of drug-likeness (QED) is 0.542. The average Bonchev–Trinajstić information content (AvgIpc) is 3.26. The summed E-state index contributed by atoms with van der Waals surface area (Å²) in [6.45, 7) is 4.87. The SMILES string of the molecule is COCCCN1C(=O)NC(c2ccc(F)cc2)C(c2nc(-c3ccc(C)cc3)no2)=C1C. The van der Waals surface area contributed by atoms with Crippen LogP contribution in [0.5, 0.6) is 0 Å². The molecule has 0 bridgehead atoms. The summed E-state index contributed by atoms with van der Waals surface area (Å²) < 4.78 is 24.3. The highest BCUT2D eigenvalue weighted by Gasteiger charge is 2.35. The molecule has 8 heteroatoms. The Kier molecular flexibility index (Phi) is 6.32. The van der Waals surface area contributed by atoms with Crippen LogP contribution in [0, 0.1) is 12.7 Å². The number of hydrogen-bond donors (Lipinski definition) is 1. The van der Waals surface area contributed by atoms with Gasteiger partial charge in [0.15, 0.2) is 0 Å². The van der Waals surface area contributed by atoms with E-state index in [4.69, 9.17) is 9.26 Å². The lowest BCUT2D eigenvalue weighted by Gasteiger charge is -2.35. The van der Waals surface area contributed by atoms with Crippen molar-refractivity contribution in [1.29, 1.82) is 0 Å². The van der Waals surface area contributed by atoms with E-state index in [1.54, 1.807) is 24.1 Å². The van der Waals surface area contributed by atoms with Gasteiger partial charge in [0, 0.05) is 31.5 Å². The van der Waals surface area contributed by atoms with Gasteiger partial charge in [-0.05, 0) is 38.0 Å². The van der Waals surface area contributed by atoms with Gasteiger partial charge in [-0.3, -0.25) is 4.90 Å². The second-order valence-electron chi connectivity index (χ2n) is 7.72. The van der Waals surface area contributed by atoms with Gasteiger partial charge in [0.1, 0.15) is 5.82 Å². The van der Waals surface area contributed by atoms with Crippen LogP contribution in [-0.4, -0.2) is 41.3 Å². The summed E-state index contributed by atoms with van der Waals surface area (Å²) >= 11 is 0. The molecule has 0 radical (unpaired) electrons. The predicted octanol–water partition coefficient (Wildman–Crippen LogP) is 4.72. The first-order valence-electron chi connectivity index (χ1n) is 10.4. The summed E-state index contributed by atoms with van der Waals surface area (Å²) in [6.07, 6.45) is 0.675. The Morgan fingerprint density at radius 2 is 1.84 bits per heavy atom. The number of amides is 2. The van der Waals surface area contributed by atoms with Crippen LogP contribution in [0.25, 0.3) is 17.0 Å². The molecule has 166 valence electrons. The molecule has 1 unspecified atom stereocenters. The smallest absolute Gasteiger partial charge is 0.322 e. The zero-order valence-corrected chi connectivity index (χ0v) is 18.3. The standard InChI is InChI=1S/C24H25FN4O3/c1-15-5-7-18(8-6-15)22-27-23(32-28-22)20-16(2)29(13-4-14-31-3)24(30)26-21(20)17-9-11-19(25)12-10-17/h5-12,21H,4,13-14H2,1-3H3,(H,26,30). The maximum absolute atomic E-state index is 13.5. The zero-order valence-electron chi connectivity index (χ0n) is 18.3. The van der Waals surface area contributed by atoms with Gasteiger partial charge in [-0.2, -0.15) is 4.98 Å². The number of allylic oxidation sites excluding steroid dienone is 1. The molecule has 4 rings (SSSR count). The average molecular weight is 436 g/mol. The highest BCUT2D eigenvalue weighted by molar-refractivity contribution is 5.86. The first kappa shape index (κ1) is 21.7. The Morgan fingerprint density at radius 3 is 2.53 bits per heavy atom. The van der Waals surface area contributed by atoms with E-state index < -0.39 is 6.04 Å². The number of ether oxygens (including phenoxy) is 1. The highest BCUT2D eigenvalue weighted by Crippen LogP contribution is 2.37. The lowest BCUT2D eigenvalue weighted by Crippen LogP contribution is -2.46. The van der Waals surface area contributed by atoms with Crippen LogP contribution in [0.4, 0.5) is 9.18 Å². The van der Waals surface area contributed by atoms with Gasteiger partial charge in [0.05, 0.1) is 11.6 Å². The number of nitrogens with one attached hydrogen (secondary N) is 1. The maximum Gasteiger partial charge on any atom is 0.322 e. The molecule has 0 fully saturated rings. The number of halogens is 1. The van der Waals surface area contributed by atoms with Crippen molar-refractivity contribution in [2.75, 3.05) is 20.3 Å². The van der Waals surface area contributed by atoms with Crippen LogP contribution < -0.4 is 5.32 Å². The normalized spacial score (nSPS) is 16.4. The maximum atomic E-state index is 13.5. The molecular formula is C24H25FN4O3. The van der Waals surface area contributed by atoms with E-state index in [-0.39, 0.29) is 11.8 Å². The van der Waals surface area contributed by atoms with E-state index in [2.05, 4.69) is 15.5 Å². The topological polar surface area (TPSA) is 80.5 Å². The van der Waals surface area contributed by atoms with Gasteiger partial charge in [0.25, 0.3) is 5.89 Å². The minimum atomic E-state index is -0.548. The minimum Gasteiger partial charge on any atom is -0.385 e. The van der Waals surface area contributed by atoms with Crippen molar-refractivity contribution in [3.63, 3.8) is 0 Å². The van der Waals surface area contributed by atoms with Crippen LogP contribution in [0.15, 0.2) is 58.8 Å². The third-order valence-electron chi connectivity index (χ3n) is 5.50. The Balaban J connectivity index is 1.76. The molecule has 3 aromatic rings. The van der Waals surface area contributed by atoms with Gasteiger partial charge >= 0.3 is 6.03 Å². The number of aryl methyl sites for hydroxylation is 1. The van der Waals surface area contributed by atoms with Crippen molar-refractivity contribution in [2.24, 2.45) is 0 Å². The molecule has 7 nitrogen and oxygen atoms in total. The zero-order chi connectivity index (χ0) is 22.7. The molecule has 1 atom stereocenters. The van der Waals surface area contributed by atoms with Crippen LogP contribution in [-0.2, 0) is 4.74 Å². The Hall–Kier alpha value is -3.52. The van der Waals surface area contributed by atoms with E-state index in [9.17, 15) is 9.18 Å². The number of methoxy groups -OCH3 is 1. The predicted molar refractivity (Wildman–Crippen MR) is 118 cm³/mol. The van der Waals surface area contributed by atoms with E-state index in [1.165, 1.54) is 12.1 Å². The number of nitrogens with zero attached hydrogens (tertiary/aromatic N) is 3. The fourth-order valence-electron chi connectivity index (χ4n) is 3.75.